The Bertz CT molecular complexity index is 698. The molecule has 0 spiro atoms. The first-order valence-corrected chi connectivity index (χ1v) is 8.27. The number of amides is 1. The molecule has 0 aliphatic rings. The number of rotatable bonds is 6. The van der Waals surface area contributed by atoms with Gasteiger partial charge in [0.1, 0.15) is 5.60 Å². The van der Waals surface area contributed by atoms with Crippen molar-refractivity contribution in [3.05, 3.63) is 35.9 Å². The number of ether oxygens (including phenoxy) is 3. The summed E-state index contributed by atoms with van der Waals surface area (Å²) in [6.07, 6.45) is 4.28. The van der Waals surface area contributed by atoms with Crippen molar-refractivity contribution >= 4 is 18.0 Å². The number of hydrogen-bond donors (Lipinski definition) is 1. The maximum atomic E-state index is 12.7. The zero-order chi connectivity index (χ0) is 20.7. The molecule has 0 radical (unpaired) electrons. The topological polar surface area (TPSA) is 90.9 Å². The summed E-state index contributed by atoms with van der Waals surface area (Å²) >= 11 is 0. The number of methoxy groups -OCH3 is 2. The molecule has 0 unspecified atom stereocenters. The van der Waals surface area contributed by atoms with Gasteiger partial charge in [-0.15, -0.1) is 12.3 Å². The summed E-state index contributed by atoms with van der Waals surface area (Å²) in [7, 11) is 2.26. The van der Waals surface area contributed by atoms with Gasteiger partial charge in [-0.2, -0.15) is 0 Å². The molecule has 1 N–H and O–H groups in total. The second-order valence-corrected chi connectivity index (χ2v) is 6.83. The molecular weight excluding hydrogens is 350 g/mol. The van der Waals surface area contributed by atoms with E-state index in [4.69, 9.17) is 20.6 Å². The lowest BCUT2D eigenvalue weighted by Gasteiger charge is -2.35. The van der Waals surface area contributed by atoms with Crippen molar-refractivity contribution in [2.24, 2.45) is 5.41 Å². The summed E-state index contributed by atoms with van der Waals surface area (Å²) in [6, 6.07) is 7.30. The maximum absolute atomic E-state index is 12.7. The molecule has 1 aromatic carbocycles. The highest BCUT2D eigenvalue weighted by Crippen LogP contribution is 2.40. The van der Waals surface area contributed by atoms with Crippen LogP contribution in [0.4, 0.5) is 4.79 Å². The van der Waals surface area contributed by atoms with Gasteiger partial charge in [0, 0.05) is 6.42 Å². The second kappa shape index (κ2) is 9.08. The fraction of sp³-hybridized carbons (Fsp3) is 0.450. The quantitative estimate of drug-likeness (QED) is 0.356. The summed E-state index contributed by atoms with van der Waals surface area (Å²) in [5.41, 5.74) is -2.29. The van der Waals surface area contributed by atoms with Crippen LogP contribution in [0.3, 0.4) is 0 Å². The predicted octanol–water partition coefficient (Wildman–Crippen LogP) is 2.61. The standard InChI is InChI=1S/C20H25NO6/c1-7-13-20(16(22)25-5,17(23)26-6)15(14-11-9-8-10-12-14)21-18(24)27-19(2,3)4/h1,8-12,15H,13H2,2-6H3,(H,21,24)/t15-/m0/s1. The molecule has 146 valence electrons. The third kappa shape index (κ3) is 5.23. The number of carbonyl (C=O) groups is 3. The predicted molar refractivity (Wildman–Crippen MR) is 98.5 cm³/mol. The summed E-state index contributed by atoms with van der Waals surface area (Å²) < 4.78 is 15.0. The van der Waals surface area contributed by atoms with Crippen molar-refractivity contribution in [3.63, 3.8) is 0 Å². The molecule has 1 amide bonds. The molecule has 27 heavy (non-hydrogen) atoms. The molecule has 0 saturated heterocycles. The van der Waals surface area contributed by atoms with Gasteiger partial charge in [0.25, 0.3) is 0 Å². The average molecular weight is 375 g/mol. The van der Waals surface area contributed by atoms with Crippen molar-refractivity contribution < 1.29 is 28.6 Å². The summed E-state index contributed by atoms with van der Waals surface area (Å²) in [6.45, 7) is 5.08. The van der Waals surface area contributed by atoms with Gasteiger partial charge in [-0.3, -0.25) is 9.59 Å². The summed E-state index contributed by atoms with van der Waals surface area (Å²) in [4.78, 5) is 37.8. The third-order valence-corrected chi connectivity index (χ3v) is 3.77. The van der Waals surface area contributed by atoms with E-state index in [-0.39, 0.29) is 6.42 Å². The van der Waals surface area contributed by atoms with E-state index in [9.17, 15) is 14.4 Å². The zero-order valence-corrected chi connectivity index (χ0v) is 16.2. The fourth-order valence-corrected chi connectivity index (χ4v) is 2.65. The molecule has 7 nitrogen and oxygen atoms in total. The van der Waals surface area contributed by atoms with Crippen LogP contribution < -0.4 is 5.32 Å². The number of hydrogen-bond acceptors (Lipinski definition) is 6. The van der Waals surface area contributed by atoms with Gasteiger partial charge in [-0.05, 0) is 26.3 Å². The van der Waals surface area contributed by atoms with Crippen molar-refractivity contribution in [1.29, 1.82) is 0 Å². The Balaban J connectivity index is 3.55. The summed E-state index contributed by atoms with van der Waals surface area (Å²) in [5, 5.41) is 2.59. The average Bonchev–Trinajstić information content (AvgIpc) is 2.62. The first-order chi connectivity index (χ1) is 12.6. The Hall–Kier alpha value is -3.01. The van der Waals surface area contributed by atoms with Gasteiger partial charge in [0.15, 0.2) is 5.41 Å². The zero-order valence-electron chi connectivity index (χ0n) is 16.2. The Kier molecular flexibility index (Phi) is 7.41. The van der Waals surface area contributed by atoms with E-state index in [0.29, 0.717) is 5.56 Å². The number of esters is 2. The van der Waals surface area contributed by atoms with E-state index in [1.807, 2.05) is 0 Å². The smallest absolute Gasteiger partial charge is 0.408 e. The molecule has 7 heteroatoms. The van der Waals surface area contributed by atoms with Crippen LogP contribution in [0.5, 0.6) is 0 Å². The molecule has 0 fully saturated rings. The number of benzene rings is 1. The van der Waals surface area contributed by atoms with Gasteiger partial charge in [0.2, 0.25) is 0 Å². The Morgan fingerprint density at radius 3 is 2.00 bits per heavy atom. The molecule has 1 rings (SSSR count). The fourth-order valence-electron chi connectivity index (χ4n) is 2.65. The van der Waals surface area contributed by atoms with E-state index in [2.05, 4.69) is 11.2 Å². The van der Waals surface area contributed by atoms with Crippen LogP contribution in [0.25, 0.3) is 0 Å². The third-order valence-electron chi connectivity index (χ3n) is 3.77. The molecule has 0 aliphatic carbocycles. The van der Waals surface area contributed by atoms with E-state index < -0.39 is 35.1 Å². The van der Waals surface area contributed by atoms with Gasteiger partial charge >= 0.3 is 18.0 Å². The first-order valence-electron chi connectivity index (χ1n) is 8.27. The number of terminal acetylenes is 1. The number of alkyl carbamates (subject to hydrolysis) is 1. The van der Waals surface area contributed by atoms with Gasteiger partial charge in [-0.25, -0.2) is 4.79 Å². The van der Waals surface area contributed by atoms with Gasteiger partial charge < -0.3 is 19.5 Å². The Labute approximate surface area is 159 Å². The molecule has 0 bridgehead atoms. The largest absolute Gasteiger partial charge is 0.468 e. The minimum absolute atomic E-state index is 0.346. The van der Waals surface area contributed by atoms with Crippen LogP contribution in [0.15, 0.2) is 30.3 Å². The lowest BCUT2D eigenvalue weighted by molar-refractivity contribution is -0.171. The van der Waals surface area contributed by atoms with Crippen molar-refractivity contribution in [1.82, 2.24) is 5.32 Å². The minimum Gasteiger partial charge on any atom is -0.468 e. The maximum Gasteiger partial charge on any atom is 0.408 e. The molecule has 1 aromatic rings. The van der Waals surface area contributed by atoms with Crippen LogP contribution in [0, 0.1) is 17.8 Å². The highest BCUT2D eigenvalue weighted by Gasteiger charge is 2.56. The van der Waals surface area contributed by atoms with Crippen molar-refractivity contribution in [2.45, 2.75) is 38.8 Å². The Morgan fingerprint density at radius 1 is 1.07 bits per heavy atom. The van der Waals surface area contributed by atoms with Gasteiger partial charge in [0.05, 0.1) is 20.3 Å². The van der Waals surface area contributed by atoms with E-state index in [0.717, 1.165) is 14.2 Å². The monoisotopic (exact) mass is 375 g/mol. The normalized spacial score (nSPS) is 12.3. The summed E-state index contributed by atoms with van der Waals surface area (Å²) in [5.74, 6) is 0.479. The lowest BCUT2D eigenvalue weighted by Crippen LogP contribution is -2.52. The van der Waals surface area contributed by atoms with E-state index in [1.165, 1.54) is 0 Å². The van der Waals surface area contributed by atoms with E-state index >= 15 is 0 Å². The number of carbonyl (C=O) groups excluding carboxylic acids is 3. The molecule has 0 aliphatic heterocycles. The van der Waals surface area contributed by atoms with Crippen LogP contribution in [-0.2, 0) is 23.8 Å². The SMILES string of the molecule is C#CCC(C(=O)OC)(C(=O)OC)[C@@H](NC(=O)OC(C)(C)C)c1ccccc1. The number of nitrogens with one attached hydrogen (secondary N) is 1. The van der Waals surface area contributed by atoms with Crippen LogP contribution in [-0.4, -0.2) is 37.9 Å². The second-order valence-electron chi connectivity index (χ2n) is 6.83. The van der Waals surface area contributed by atoms with Crippen LogP contribution >= 0.6 is 0 Å². The van der Waals surface area contributed by atoms with Crippen molar-refractivity contribution in [3.8, 4) is 12.3 Å². The first kappa shape index (κ1) is 22.0. The lowest BCUT2D eigenvalue weighted by atomic mass is 9.74. The molecule has 1 atom stereocenters. The molecule has 0 heterocycles. The highest BCUT2D eigenvalue weighted by molar-refractivity contribution is 6.02. The van der Waals surface area contributed by atoms with Crippen molar-refractivity contribution in [2.75, 3.05) is 14.2 Å². The minimum atomic E-state index is -1.98. The molecular formula is C20H25NO6. The van der Waals surface area contributed by atoms with Crippen LogP contribution in [0.2, 0.25) is 0 Å². The van der Waals surface area contributed by atoms with Crippen LogP contribution in [0.1, 0.15) is 38.8 Å². The molecule has 0 saturated carbocycles. The van der Waals surface area contributed by atoms with Gasteiger partial charge in [-0.1, -0.05) is 30.3 Å². The highest BCUT2D eigenvalue weighted by atomic mass is 16.6. The van der Waals surface area contributed by atoms with E-state index in [1.54, 1.807) is 51.1 Å². The molecule has 0 aromatic heterocycles. The Morgan fingerprint density at radius 2 is 1.59 bits per heavy atom.